The molecule has 2 N–H and O–H groups in total. The highest BCUT2D eigenvalue weighted by atomic mass is 19.4. The molecule has 30 heavy (non-hydrogen) atoms. The van der Waals surface area contributed by atoms with Gasteiger partial charge in [-0.15, -0.1) is 0 Å². The van der Waals surface area contributed by atoms with E-state index in [9.17, 15) is 13.2 Å². The molecule has 164 valence electrons. The van der Waals surface area contributed by atoms with Crippen LogP contribution in [0.4, 0.5) is 13.2 Å². The van der Waals surface area contributed by atoms with Crippen molar-refractivity contribution >= 4 is 5.96 Å². The van der Waals surface area contributed by atoms with E-state index >= 15 is 0 Å². The number of alkyl halides is 3. The number of nitrogens with one attached hydrogen (secondary N) is 2. The minimum absolute atomic E-state index is 0.0890. The topological polar surface area (TPSA) is 54.9 Å². The van der Waals surface area contributed by atoms with E-state index in [1.807, 2.05) is 37.3 Å². The third-order valence-electron chi connectivity index (χ3n) is 4.17. The Bertz CT molecular complexity index is 810. The number of guanidine groups is 1. The second kappa shape index (κ2) is 12.1. The number of para-hydroxylation sites is 1. The van der Waals surface area contributed by atoms with Gasteiger partial charge < -0.3 is 20.1 Å². The first-order valence-electron chi connectivity index (χ1n) is 9.77. The molecule has 0 aliphatic heterocycles. The van der Waals surface area contributed by atoms with Gasteiger partial charge in [0.25, 0.3) is 0 Å². The van der Waals surface area contributed by atoms with Gasteiger partial charge >= 0.3 is 6.18 Å². The van der Waals surface area contributed by atoms with Crippen molar-refractivity contribution in [1.29, 1.82) is 0 Å². The van der Waals surface area contributed by atoms with E-state index in [1.54, 1.807) is 25.3 Å². The Kier molecular flexibility index (Phi) is 9.47. The maximum Gasteiger partial charge on any atom is 0.411 e. The highest BCUT2D eigenvalue weighted by Gasteiger charge is 2.27. The predicted octanol–water partition coefficient (Wildman–Crippen LogP) is 4.07. The lowest BCUT2D eigenvalue weighted by atomic mass is 10.1. The molecule has 0 aromatic heterocycles. The molecule has 8 heteroatoms. The summed E-state index contributed by atoms with van der Waals surface area (Å²) in [7, 11) is 1.65. The molecule has 0 bridgehead atoms. The summed E-state index contributed by atoms with van der Waals surface area (Å²) in [6.07, 6.45) is -3.54. The van der Waals surface area contributed by atoms with Crippen LogP contribution in [0.3, 0.4) is 0 Å². The fourth-order valence-corrected chi connectivity index (χ4v) is 2.84. The number of methoxy groups -OCH3 is 1. The number of nitrogens with zero attached hydrogens (tertiary/aromatic N) is 1. The van der Waals surface area contributed by atoms with Crippen LogP contribution in [0.1, 0.15) is 23.6 Å². The Morgan fingerprint density at radius 3 is 2.53 bits per heavy atom. The van der Waals surface area contributed by atoms with Crippen LogP contribution in [-0.2, 0) is 24.3 Å². The van der Waals surface area contributed by atoms with Crippen LogP contribution in [0, 0.1) is 0 Å². The van der Waals surface area contributed by atoms with Crippen molar-refractivity contribution in [2.45, 2.75) is 32.7 Å². The molecule has 0 aliphatic carbocycles. The molecular weight excluding hydrogens is 395 g/mol. The Labute approximate surface area is 175 Å². The molecule has 0 saturated carbocycles. The molecule has 2 rings (SSSR count). The fourth-order valence-electron chi connectivity index (χ4n) is 2.84. The monoisotopic (exact) mass is 423 g/mol. The number of hydrogen-bond acceptors (Lipinski definition) is 3. The van der Waals surface area contributed by atoms with E-state index in [4.69, 9.17) is 9.47 Å². The van der Waals surface area contributed by atoms with Gasteiger partial charge in [-0.1, -0.05) is 42.5 Å². The predicted molar refractivity (Wildman–Crippen MR) is 112 cm³/mol. The maximum atomic E-state index is 12.2. The number of ether oxygens (including phenoxy) is 2. The molecule has 2 aromatic carbocycles. The average Bonchev–Trinajstić information content (AvgIpc) is 2.72. The van der Waals surface area contributed by atoms with Gasteiger partial charge in [-0.2, -0.15) is 13.2 Å². The Hall–Kier alpha value is -2.74. The largest absolute Gasteiger partial charge is 0.496 e. The molecule has 0 aliphatic rings. The van der Waals surface area contributed by atoms with Crippen molar-refractivity contribution in [2.24, 2.45) is 4.99 Å². The zero-order valence-corrected chi connectivity index (χ0v) is 17.3. The maximum absolute atomic E-state index is 12.2. The third-order valence-corrected chi connectivity index (χ3v) is 4.17. The van der Waals surface area contributed by atoms with Gasteiger partial charge in [0.05, 0.1) is 20.3 Å². The summed E-state index contributed by atoms with van der Waals surface area (Å²) < 4.78 is 46.7. The molecule has 0 fully saturated rings. The van der Waals surface area contributed by atoms with Crippen molar-refractivity contribution in [2.75, 3.05) is 26.8 Å². The van der Waals surface area contributed by atoms with Crippen LogP contribution < -0.4 is 15.4 Å². The molecule has 0 amide bonds. The second-order valence-electron chi connectivity index (χ2n) is 6.61. The molecule has 0 heterocycles. The Balaban J connectivity index is 1.90. The fraction of sp³-hybridized carbons (Fsp3) is 0.409. The summed E-state index contributed by atoms with van der Waals surface area (Å²) in [5, 5.41) is 6.48. The van der Waals surface area contributed by atoms with Crippen LogP contribution in [0.25, 0.3) is 0 Å². The van der Waals surface area contributed by atoms with Gasteiger partial charge in [-0.25, -0.2) is 4.99 Å². The zero-order chi connectivity index (χ0) is 21.8. The van der Waals surface area contributed by atoms with Gasteiger partial charge in [0, 0.05) is 13.1 Å². The molecule has 0 spiro atoms. The lowest BCUT2D eigenvalue weighted by Gasteiger charge is -2.13. The summed E-state index contributed by atoms with van der Waals surface area (Å²) >= 11 is 0. The molecule has 2 aromatic rings. The molecule has 5 nitrogen and oxygen atoms in total. The minimum atomic E-state index is -4.32. The van der Waals surface area contributed by atoms with E-state index in [2.05, 4.69) is 15.6 Å². The standard InChI is InChI=1S/C22H28F3N3O2/c1-3-26-21(27-12-11-19-9-4-5-10-20(19)29-2)28-14-17-7-6-8-18(13-17)15-30-16-22(23,24)25/h4-10,13H,3,11-12,14-16H2,1-2H3,(H2,26,27,28). The summed E-state index contributed by atoms with van der Waals surface area (Å²) in [6.45, 7) is 2.43. The molecular formula is C22H28F3N3O2. The van der Waals surface area contributed by atoms with Crippen molar-refractivity contribution in [3.8, 4) is 5.75 Å². The zero-order valence-electron chi connectivity index (χ0n) is 17.3. The van der Waals surface area contributed by atoms with Crippen molar-refractivity contribution in [3.05, 3.63) is 65.2 Å². The highest BCUT2D eigenvalue weighted by Crippen LogP contribution is 2.17. The Morgan fingerprint density at radius 1 is 1.03 bits per heavy atom. The summed E-state index contributed by atoms with van der Waals surface area (Å²) in [5.41, 5.74) is 2.68. The van der Waals surface area contributed by atoms with Crippen LogP contribution in [0.2, 0.25) is 0 Å². The lowest BCUT2D eigenvalue weighted by molar-refractivity contribution is -0.176. The van der Waals surface area contributed by atoms with Gasteiger partial charge in [0.2, 0.25) is 0 Å². The smallest absolute Gasteiger partial charge is 0.411 e. The van der Waals surface area contributed by atoms with Crippen molar-refractivity contribution in [3.63, 3.8) is 0 Å². The average molecular weight is 423 g/mol. The first-order chi connectivity index (χ1) is 14.4. The van der Waals surface area contributed by atoms with Gasteiger partial charge in [-0.05, 0) is 36.1 Å². The van der Waals surface area contributed by atoms with Gasteiger partial charge in [0.1, 0.15) is 12.4 Å². The van der Waals surface area contributed by atoms with Crippen molar-refractivity contribution < 1.29 is 22.6 Å². The number of hydrogen-bond donors (Lipinski definition) is 2. The number of rotatable bonds is 10. The lowest BCUT2D eigenvalue weighted by Crippen LogP contribution is -2.38. The van der Waals surface area contributed by atoms with E-state index in [0.717, 1.165) is 23.3 Å². The van der Waals surface area contributed by atoms with E-state index in [1.165, 1.54) is 0 Å². The third kappa shape index (κ3) is 8.73. The summed E-state index contributed by atoms with van der Waals surface area (Å²) in [4.78, 5) is 4.56. The van der Waals surface area contributed by atoms with E-state index < -0.39 is 12.8 Å². The molecule has 0 atom stereocenters. The van der Waals surface area contributed by atoms with Crippen LogP contribution >= 0.6 is 0 Å². The number of halogens is 3. The van der Waals surface area contributed by atoms with Gasteiger partial charge in [0.15, 0.2) is 5.96 Å². The van der Waals surface area contributed by atoms with Crippen molar-refractivity contribution in [1.82, 2.24) is 10.6 Å². The van der Waals surface area contributed by atoms with E-state index in [0.29, 0.717) is 31.2 Å². The van der Waals surface area contributed by atoms with Crippen LogP contribution in [-0.4, -0.2) is 38.9 Å². The first kappa shape index (κ1) is 23.5. The summed E-state index contributed by atoms with van der Waals surface area (Å²) in [5.74, 6) is 1.52. The van der Waals surface area contributed by atoms with Gasteiger partial charge in [-0.3, -0.25) is 0 Å². The Morgan fingerprint density at radius 2 is 1.80 bits per heavy atom. The molecule has 0 unspecified atom stereocenters. The number of benzene rings is 2. The SMILES string of the molecule is CCNC(=NCc1cccc(COCC(F)(F)F)c1)NCCc1ccccc1OC. The molecule has 0 saturated heterocycles. The quantitative estimate of drug-likeness (QED) is 0.447. The normalized spacial score (nSPS) is 12.0. The number of aliphatic imine (C=N–C) groups is 1. The highest BCUT2D eigenvalue weighted by molar-refractivity contribution is 5.79. The second-order valence-corrected chi connectivity index (χ2v) is 6.61. The minimum Gasteiger partial charge on any atom is -0.496 e. The first-order valence-corrected chi connectivity index (χ1v) is 9.77. The van der Waals surface area contributed by atoms with Crippen LogP contribution in [0.5, 0.6) is 5.75 Å². The van der Waals surface area contributed by atoms with Crippen LogP contribution in [0.15, 0.2) is 53.5 Å². The molecule has 0 radical (unpaired) electrons. The summed E-state index contributed by atoms with van der Waals surface area (Å²) in [6, 6.07) is 15.1. The van der Waals surface area contributed by atoms with E-state index in [-0.39, 0.29) is 6.61 Å².